The zero-order valence-electron chi connectivity index (χ0n) is 7.88. The van der Waals surface area contributed by atoms with Crippen molar-refractivity contribution in [1.29, 1.82) is 0 Å². The highest BCUT2D eigenvalue weighted by Crippen LogP contribution is 2.21. The molecule has 4 heteroatoms. The van der Waals surface area contributed by atoms with E-state index >= 15 is 0 Å². The van der Waals surface area contributed by atoms with Gasteiger partial charge in [-0.05, 0) is 31.2 Å². The second-order valence-corrected chi connectivity index (χ2v) is 2.99. The minimum absolute atomic E-state index is 0.0440. The summed E-state index contributed by atoms with van der Waals surface area (Å²) >= 11 is 0. The van der Waals surface area contributed by atoms with E-state index in [2.05, 4.69) is 4.74 Å². The molecular formula is C10H10F2O2. The van der Waals surface area contributed by atoms with E-state index in [9.17, 15) is 13.6 Å². The fourth-order valence-electron chi connectivity index (χ4n) is 0.965. The van der Waals surface area contributed by atoms with Crippen LogP contribution >= 0.6 is 0 Å². The van der Waals surface area contributed by atoms with Gasteiger partial charge in [-0.1, -0.05) is 0 Å². The zero-order chi connectivity index (χ0) is 10.8. The molecule has 0 amide bonds. The Bertz CT molecular complexity index is 325. The van der Waals surface area contributed by atoms with Crippen LogP contribution in [0.5, 0.6) is 5.75 Å². The lowest BCUT2D eigenvalue weighted by atomic mass is 10.1. The van der Waals surface area contributed by atoms with E-state index in [1.807, 2.05) is 0 Å². The Morgan fingerprint density at radius 2 is 1.79 bits per heavy atom. The summed E-state index contributed by atoms with van der Waals surface area (Å²) in [4.78, 5) is 10.9. The van der Waals surface area contributed by atoms with Crippen molar-refractivity contribution in [2.75, 3.05) is 0 Å². The van der Waals surface area contributed by atoms with Gasteiger partial charge in [-0.15, -0.1) is 0 Å². The number of hydrogen-bond acceptors (Lipinski definition) is 2. The maximum absolute atomic E-state index is 12.4. The van der Waals surface area contributed by atoms with Gasteiger partial charge < -0.3 is 4.74 Å². The average Bonchev–Trinajstić information content (AvgIpc) is 2.02. The summed E-state index contributed by atoms with van der Waals surface area (Å²) in [5, 5.41) is 0. The highest BCUT2D eigenvalue weighted by molar-refractivity contribution is 5.94. The van der Waals surface area contributed by atoms with Crippen molar-refractivity contribution in [2.45, 2.75) is 20.0 Å². The molecule has 0 aliphatic heterocycles. The number of alkyl halides is 2. The largest absolute Gasteiger partial charge is 0.433 e. The van der Waals surface area contributed by atoms with Crippen molar-refractivity contribution in [3.63, 3.8) is 0 Å². The van der Waals surface area contributed by atoms with E-state index in [4.69, 9.17) is 0 Å². The van der Waals surface area contributed by atoms with Gasteiger partial charge in [-0.2, -0.15) is 8.78 Å². The molecule has 0 spiro atoms. The van der Waals surface area contributed by atoms with Gasteiger partial charge in [0.15, 0.2) is 5.78 Å². The van der Waals surface area contributed by atoms with Crippen molar-refractivity contribution >= 4 is 5.78 Å². The monoisotopic (exact) mass is 200 g/mol. The average molecular weight is 200 g/mol. The number of ether oxygens (including phenoxy) is 1. The molecule has 2 nitrogen and oxygen atoms in total. The van der Waals surface area contributed by atoms with Gasteiger partial charge in [0, 0.05) is 12.5 Å². The van der Waals surface area contributed by atoms with Gasteiger partial charge in [0.2, 0.25) is 0 Å². The first-order chi connectivity index (χ1) is 6.38. The Morgan fingerprint density at radius 3 is 2.14 bits per heavy atom. The minimum atomic E-state index is -3.20. The lowest BCUT2D eigenvalue weighted by Crippen LogP contribution is -2.19. The van der Waals surface area contributed by atoms with E-state index < -0.39 is 6.11 Å². The maximum Gasteiger partial charge on any atom is 0.394 e. The molecule has 0 saturated carbocycles. The third kappa shape index (κ3) is 3.12. The smallest absolute Gasteiger partial charge is 0.394 e. The van der Waals surface area contributed by atoms with Gasteiger partial charge in [-0.3, -0.25) is 4.79 Å². The summed E-state index contributed by atoms with van der Waals surface area (Å²) in [6, 6.07) is 5.58. The molecule has 76 valence electrons. The number of hydrogen-bond donors (Lipinski definition) is 0. The van der Waals surface area contributed by atoms with Crippen LogP contribution in [0.25, 0.3) is 0 Å². The Balaban J connectivity index is 2.79. The van der Waals surface area contributed by atoms with Gasteiger partial charge in [0.05, 0.1) is 0 Å². The van der Waals surface area contributed by atoms with E-state index in [0.717, 1.165) is 0 Å². The maximum atomic E-state index is 12.4. The first-order valence-corrected chi connectivity index (χ1v) is 4.06. The number of halogens is 2. The highest BCUT2D eigenvalue weighted by atomic mass is 19.3. The van der Waals surface area contributed by atoms with Crippen LogP contribution in [0.1, 0.15) is 24.2 Å². The van der Waals surface area contributed by atoms with Gasteiger partial charge in [-0.25, -0.2) is 0 Å². The minimum Gasteiger partial charge on any atom is -0.433 e. The molecule has 0 radical (unpaired) electrons. The number of carbonyl (C=O) groups excluding carboxylic acids is 1. The molecule has 1 aromatic carbocycles. The van der Waals surface area contributed by atoms with Crippen LogP contribution in [0.3, 0.4) is 0 Å². The number of Topliss-reactive ketones (excluding diaryl/α,β-unsaturated/α-hetero) is 1. The van der Waals surface area contributed by atoms with Crippen LogP contribution in [-0.4, -0.2) is 11.9 Å². The normalized spacial score (nSPS) is 11.1. The molecular weight excluding hydrogens is 190 g/mol. The topological polar surface area (TPSA) is 26.3 Å². The molecule has 0 aromatic heterocycles. The van der Waals surface area contributed by atoms with Gasteiger partial charge in [0.1, 0.15) is 5.75 Å². The molecule has 0 fully saturated rings. The molecule has 0 unspecified atom stereocenters. The Kier molecular flexibility index (Phi) is 2.84. The fourth-order valence-corrected chi connectivity index (χ4v) is 0.965. The lowest BCUT2D eigenvalue weighted by molar-refractivity contribution is -0.158. The van der Waals surface area contributed by atoms with E-state index in [1.165, 1.54) is 31.2 Å². The summed E-state index contributed by atoms with van der Waals surface area (Å²) in [6.45, 7) is 2.07. The summed E-state index contributed by atoms with van der Waals surface area (Å²) in [5.74, 6) is -0.0673. The molecule has 1 rings (SSSR count). The van der Waals surface area contributed by atoms with E-state index in [-0.39, 0.29) is 11.5 Å². The standard InChI is InChI=1S/C10H10F2O2/c1-7(13)8-3-5-9(6-4-8)14-10(2,11)12/h3-6H,1-2H3. The Morgan fingerprint density at radius 1 is 1.29 bits per heavy atom. The molecule has 0 N–H and O–H groups in total. The highest BCUT2D eigenvalue weighted by Gasteiger charge is 2.22. The molecule has 1 aromatic rings. The van der Waals surface area contributed by atoms with E-state index in [1.54, 1.807) is 0 Å². The third-order valence-electron chi connectivity index (χ3n) is 1.56. The van der Waals surface area contributed by atoms with Crippen LogP contribution in [-0.2, 0) is 0 Å². The SMILES string of the molecule is CC(=O)c1ccc(OC(C)(F)F)cc1. The van der Waals surface area contributed by atoms with Crippen LogP contribution in [0.2, 0.25) is 0 Å². The second-order valence-electron chi connectivity index (χ2n) is 2.99. The number of benzene rings is 1. The molecule has 0 atom stereocenters. The Hall–Kier alpha value is -1.45. The predicted molar refractivity (Wildman–Crippen MR) is 47.7 cm³/mol. The van der Waals surface area contributed by atoms with Crippen LogP contribution in [0.4, 0.5) is 8.78 Å². The summed E-state index contributed by atoms with van der Waals surface area (Å²) in [5.41, 5.74) is 0.469. The zero-order valence-corrected chi connectivity index (χ0v) is 7.88. The van der Waals surface area contributed by atoms with Crippen LogP contribution in [0.15, 0.2) is 24.3 Å². The van der Waals surface area contributed by atoms with Crippen molar-refractivity contribution in [1.82, 2.24) is 0 Å². The van der Waals surface area contributed by atoms with Crippen LogP contribution in [0, 0.1) is 0 Å². The Labute approximate surface area is 80.5 Å². The lowest BCUT2D eigenvalue weighted by Gasteiger charge is -2.12. The van der Waals surface area contributed by atoms with Crippen molar-refractivity contribution in [2.24, 2.45) is 0 Å². The van der Waals surface area contributed by atoms with Gasteiger partial charge >= 0.3 is 6.11 Å². The van der Waals surface area contributed by atoms with Crippen molar-refractivity contribution in [3.8, 4) is 5.75 Å². The number of carbonyl (C=O) groups is 1. The van der Waals surface area contributed by atoms with Crippen molar-refractivity contribution < 1.29 is 18.3 Å². The molecule has 0 heterocycles. The molecule has 14 heavy (non-hydrogen) atoms. The first kappa shape index (κ1) is 10.6. The fraction of sp³-hybridized carbons (Fsp3) is 0.300. The molecule has 0 aliphatic rings. The first-order valence-electron chi connectivity index (χ1n) is 4.06. The summed E-state index contributed by atoms with van der Waals surface area (Å²) < 4.78 is 29.0. The third-order valence-corrected chi connectivity index (χ3v) is 1.56. The summed E-state index contributed by atoms with van der Waals surface area (Å²) in [7, 11) is 0. The molecule has 0 bridgehead atoms. The molecule has 0 aliphatic carbocycles. The van der Waals surface area contributed by atoms with Crippen LogP contribution < -0.4 is 4.74 Å². The second kappa shape index (κ2) is 3.74. The molecule has 0 saturated heterocycles. The van der Waals surface area contributed by atoms with E-state index in [0.29, 0.717) is 12.5 Å². The quantitative estimate of drug-likeness (QED) is 0.701. The number of rotatable bonds is 3. The van der Waals surface area contributed by atoms with Gasteiger partial charge in [0.25, 0.3) is 0 Å². The predicted octanol–water partition coefficient (Wildman–Crippen LogP) is 2.88. The van der Waals surface area contributed by atoms with Crippen molar-refractivity contribution in [3.05, 3.63) is 29.8 Å². The number of ketones is 1. The summed E-state index contributed by atoms with van der Waals surface area (Å²) in [6.07, 6.45) is -3.20.